The van der Waals surface area contributed by atoms with Crippen LogP contribution in [0.15, 0.2) is 48.7 Å². The smallest absolute Gasteiger partial charge is 0.226 e. The van der Waals surface area contributed by atoms with Crippen LogP contribution in [0.1, 0.15) is 23.5 Å². The molecule has 1 aromatic heterocycles. The molecular formula is C18H12ClF2N3O. The predicted octanol–water partition coefficient (Wildman–Crippen LogP) is 4.28. The third kappa shape index (κ3) is 2.68. The fourth-order valence-electron chi connectivity index (χ4n) is 3.10. The quantitative estimate of drug-likeness (QED) is 0.742. The normalized spacial score (nSPS) is 16.4. The molecule has 4 nitrogen and oxygen atoms in total. The highest BCUT2D eigenvalue weighted by molar-refractivity contribution is 6.31. The predicted molar refractivity (Wildman–Crippen MR) is 90.0 cm³/mol. The molecule has 0 bridgehead atoms. The average Bonchev–Trinajstić information content (AvgIpc) is 2.99. The Balaban J connectivity index is 1.86. The summed E-state index contributed by atoms with van der Waals surface area (Å²) in [7, 11) is 0. The summed E-state index contributed by atoms with van der Waals surface area (Å²) in [6, 6.07) is 10.1. The lowest BCUT2D eigenvalue weighted by atomic mass is 9.87. The fourth-order valence-corrected chi connectivity index (χ4v) is 3.39. The van der Waals surface area contributed by atoms with E-state index in [0.717, 1.165) is 0 Å². The highest BCUT2D eigenvalue weighted by Gasteiger charge is 2.33. The molecule has 0 spiro atoms. The van der Waals surface area contributed by atoms with Crippen molar-refractivity contribution in [1.29, 1.82) is 0 Å². The van der Waals surface area contributed by atoms with E-state index in [1.54, 1.807) is 24.4 Å². The molecule has 0 saturated heterocycles. The number of aromatic nitrogens is 2. The zero-order valence-electron chi connectivity index (χ0n) is 12.8. The van der Waals surface area contributed by atoms with E-state index in [9.17, 15) is 13.6 Å². The lowest BCUT2D eigenvalue weighted by Gasteiger charge is -2.24. The molecule has 1 atom stereocenters. The topological polar surface area (TPSA) is 46.9 Å². The Morgan fingerprint density at radius 2 is 1.92 bits per heavy atom. The molecule has 0 saturated carbocycles. The van der Waals surface area contributed by atoms with Gasteiger partial charge >= 0.3 is 0 Å². The van der Waals surface area contributed by atoms with Crippen LogP contribution in [0.4, 0.5) is 14.6 Å². The number of nitrogens with one attached hydrogen (secondary N) is 1. The van der Waals surface area contributed by atoms with Crippen LogP contribution in [-0.2, 0) is 4.79 Å². The summed E-state index contributed by atoms with van der Waals surface area (Å²) < 4.78 is 29.0. The summed E-state index contributed by atoms with van der Waals surface area (Å²) in [5.74, 6) is -1.20. The van der Waals surface area contributed by atoms with Crippen molar-refractivity contribution in [2.45, 2.75) is 12.3 Å². The lowest BCUT2D eigenvalue weighted by Crippen LogP contribution is -2.25. The number of halogens is 3. The van der Waals surface area contributed by atoms with Crippen LogP contribution in [0, 0.1) is 11.6 Å². The van der Waals surface area contributed by atoms with E-state index in [0.29, 0.717) is 17.1 Å². The van der Waals surface area contributed by atoms with E-state index in [1.807, 2.05) is 0 Å². The third-order valence-electron chi connectivity index (χ3n) is 4.24. The van der Waals surface area contributed by atoms with Crippen molar-refractivity contribution in [2.75, 3.05) is 5.32 Å². The molecule has 1 aliphatic rings. The first-order valence-corrected chi connectivity index (χ1v) is 8.00. The number of benzene rings is 2. The van der Waals surface area contributed by atoms with E-state index >= 15 is 0 Å². The first-order chi connectivity index (χ1) is 12.0. The molecule has 0 radical (unpaired) electrons. The Bertz CT molecular complexity index is 949. The van der Waals surface area contributed by atoms with Gasteiger partial charge in [0.2, 0.25) is 5.91 Å². The summed E-state index contributed by atoms with van der Waals surface area (Å²) in [4.78, 5) is 12.2. The van der Waals surface area contributed by atoms with Gasteiger partial charge in [-0.15, -0.1) is 0 Å². The number of amides is 1. The van der Waals surface area contributed by atoms with Crippen molar-refractivity contribution in [3.05, 3.63) is 76.4 Å². The molecule has 1 N–H and O–H groups in total. The van der Waals surface area contributed by atoms with Gasteiger partial charge in [-0.1, -0.05) is 17.7 Å². The van der Waals surface area contributed by atoms with Gasteiger partial charge in [-0.3, -0.25) is 4.79 Å². The van der Waals surface area contributed by atoms with Crippen molar-refractivity contribution in [3.8, 4) is 5.69 Å². The Kier molecular flexibility index (Phi) is 3.77. The molecule has 2 aromatic carbocycles. The van der Waals surface area contributed by atoms with Crippen molar-refractivity contribution >= 4 is 23.3 Å². The first kappa shape index (κ1) is 15.8. The molecule has 1 aliphatic heterocycles. The monoisotopic (exact) mass is 359 g/mol. The molecule has 4 rings (SSSR count). The largest absolute Gasteiger partial charge is 0.310 e. The summed E-state index contributed by atoms with van der Waals surface area (Å²) in [6.07, 6.45) is 1.65. The molecular weight excluding hydrogens is 348 g/mol. The van der Waals surface area contributed by atoms with Gasteiger partial charge < -0.3 is 5.32 Å². The minimum absolute atomic E-state index is 0.0722. The van der Waals surface area contributed by atoms with Crippen LogP contribution in [0.5, 0.6) is 0 Å². The van der Waals surface area contributed by atoms with E-state index in [4.69, 9.17) is 11.6 Å². The van der Waals surface area contributed by atoms with E-state index in [1.165, 1.54) is 28.9 Å². The Hall–Kier alpha value is -2.73. The number of hydrogen-bond donors (Lipinski definition) is 1. The van der Waals surface area contributed by atoms with Gasteiger partial charge in [-0.25, -0.2) is 13.5 Å². The molecule has 25 heavy (non-hydrogen) atoms. The zero-order valence-corrected chi connectivity index (χ0v) is 13.6. The van der Waals surface area contributed by atoms with Crippen LogP contribution in [0.3, 0.4) is 0 Å². The van der Waals surface area contributed by atoms with Gasteiger partial charge in [-0.2, -0.15) is 5.10 Å². The highest BCUT2D eigenvalue weighted by atomic mass is 35.5. The summed E-state index contributed by atoms with van der Waals surface area (Å²) in [5, 5.41) is 7.31. The fraction of sp³-hybridized carbons (Fsp3) is 0.111. The van der Waals surface area contributed by atoms with Gasteiger partial charge in [0, 0.05) is 28.5 Å². The van der Waals surface area contributed by atoms with Crippen LogP contribution in [0.25, 0.3) is 5.69 Å². The highest BCUT2D eigenvalue weighted by Crippen LogP contribution is 2.41. The number of nitrogens with zero attached hydrogens (tertiary/aromatic N) is 2. The van der Waals surface area contributed by atoms with Crippen LogP contribution >= 0.6 is 11.6 Å². The maximum Gasteiger partial charge on any atom is 0.226 e. The van der Waals surface area contributed by atoms with Gasteiger partial charge in [0.25, 0.3) is 0 Å². The zero-order chi connectivity index (χ0) is 17.6. The molecule has 1 amide bonds. The summed E-state index contributed by atoms with van der Waals surface area (Å²) >= 11 is 6.18. The number of rotatable bonds is 2. The Morgan fingerprint density at radius 3 is 2.64 bits per heavy atom. The van der Waals surface area contributed by atoms with E-state index < -0.39 is 11.7 Å². The molecule has 0 fully saturated rings. The van der Waals surface area contributed by atoms with Crippen molar-refractivity contribution in [1.82, 2.24) is 9.78 Å². The van der Waals surface area contributed by atoms with Gasteiger partial charge in [0.15, 0.2) is 0 Å². The summed E-state index contributed by atoms with van der Waals surface area (Å²) in [5.41, 5.74) is 1.53. The molecule has 2 heterocycles. The minimum atomic E-state index is -0.536. The average molecular weight is 360 g/mol. The molecule has 3 aromatic rings. The second-order valence-corrected chi connectivity index (χ2v) is 6.18. The van der Waals surface area contributed by atoms with Crippen LogP contribution < -0.4 is 5.32 Å². The number of hydrogen-bond acceptors (Lipinski definition) is 2. The Labute approximate surface area is 147 Å². The molecule has 126 valence electrons. The number of fused-ring (bicyclic) bond motifs is 1. The SMILES string of the molecule is O=C1C[C@H](c2c(F)cccc2Cl)c2cnn(-c3ccc(F)cc3)c2N1. The molecule has 0 unspecified atom stereocenters. The van der Waals surface area contributed by atoms with Crippen molar-refractivity contribution in [3.63, 3.8) is 0 Å². The summed E-state index contributed by atoms with van der Waals surface area (Å²) in [6.45, 7) is 0. The lowest BCUT2D eigenvalue weighted by molar-refractivity contribution is -0.116. The number of anilines is 1. The second-order valence-electron chi connectivity index (χ2n) is 5.78. The first-order valence-electron chi connectivity index (χ1n) is 7.62. The van der Waals surface area contributed by atoms with Crippen molar-refractivity contribution < 1.29 is 13.6 Å². The maximum absolute atomic E-state index is 14.3. The van der Waals surface area contributed by atoms with Gasteiger partial charge in [0.05, 0.1) is 11.9 Å². The van der Waals surface area contributed by atoms with Gasteiger partial charge in [-0.05, 0) is 36.4 Å². The van der Waals surface area contributed by atoms with Gasteiger partial charge in [0.1, 0.15) is 17.5 Å². The maximum atomic E-state index is 14.3. The van der Waals surface area contributed by atoms with Crippen LogP contribution in [0.2, 0.25) is 5.02 Å². The molecule has 0 aliphatic carbocycles. The standard InChI is InChI=1S/C18H12ClF2N3O/c19-14-2-1-3-15(21)17(14)12-8-16(25)23-18-13(12)9-22-24(18)11-6-4-10(20)5-7-11/h1-7,9,12H,8H2,(H,23,25)/t12-/m0/s1. The van der Waals surface area contributed by atoms with E-state index in [2.05, 4.69) is 10.4 Å². The van der Waals surface area contributed by atoms with Crippen LogP contribution in [-0.4, -0.2) is 15.7 Å². The second kappa shape index (κ2) is 5.97. The minimum Gasteiger partial charge on any atom is -0.310 e. The van der Waals surface area contributed by atoms with Crippen molar-refractivity contribution in [2.24, 2.45) is 0 Å². The Morgan fingerprint density at radius 1 is 1.16 bits per heavy atom. The number of carbonyl (C=O) groups excluding carboxylic acids is 1. The number of carbonyl (C=O) groups is 1. The third-order valence-corrected chi connectivity index (χ3v) is 4.57. The van der Waals surface area contributed by atoms with E-state index in [-0.39, 0.29) is 28.7 Å². The molecule has 7 heteroatoms.